The number of aromatic amines is 1. The molecule has 1 fully saturated rings. The molecular formula is C20H25BN2O4. The van der Waals surface area contributed by atoms with Crippen molar-refractivity contribution in [2.75, 3.05) is 6.54 Å². The zero-order valence-electron chi connectivity index (χ0n) is 16.4. The van der Waals surface area contributed by atoms with Crippen LogP contribution in [0.2, 0.25) is 0 Å². The number of nitrogens with one attached hydrogen (secondary N) is 2. The Balaban J connectivity index is 2.06. The Morgan fingerprint density at radius 1 is 1.19 bits per heavy atom. The van der Waals surface area contributed by atoms with Gasteiger partial charge in [-0.25, -0.2) is 0 Å². The zero-order chi connectivity index (χ0) is 19.8. The number of benzene rings is 1. The summed E-state index contributed by atoms with van der Waals surface area (Å²) in [7, 11) is -0.590. The van der Waals surface area contributed by atoms with Crippen LogP contribution in [0.25, 0.3) is 17.0 Å². The summed E-state index contributed by atoms with van der Waals surface area (Å²) in [4.78, 5) is 26.7. The van der Waals surface area contributed by atoms with Crippen molar-refractivity contribution >= 4 is 30.0 Å². The first kappa shape index (κ1) is 19.4. The zero-order valence-corrected chi connectivity index (χ0v) is 16.4. The van der Waals surface area contributed by atoms with E-state index in [2.05, 4.69) is 10.3 Å². The predicted octanol–water partition coefficient (Wildman–Crippen LogP) is 2.68. The Hall–Kier alpha value is -2.38. The van der Waals surface area contributed by atoms with Gasteiger partial charge in [0.2, 0.25) is 5.91 Å². The molecule has 0 atom stereocenters. The van der Waals surface area contributed by atoms with Gasteiger partial charge >= 0.3 is 7.12 Å². The summed E-state index contributed by atoms with van der Waals surface area (Å²) < 4.78 is 12.3. The Morgan fingerprint density at radius 2 is 1.85 bits per heavy atom. The lowest BCUT2D eigenvalue weighted by atomic mass is 9.76. The maximum absolute atomic E-state index is 12.1. The first-order valence-corrected chi connectivity index (χ1v) is 9.02. The lowest BCUT2D eigenvalue weighted by Gasteiger charge is -2.32. The first-order chi connectivity index (χ1) is 12.6. The van der Waals surface area contributed by atoms with Crippen LogP contribution in [-0.2, 0) is 14.1 Å². The SMILES string of the molecule is CC(=O)NCC(=Cc1cccc2c(=O)cc[nH]c12)B1OC(C)(C)C(C)(C)O1. The highest BCUT2D eigenvalue weighted by Gasteiger charge is 2.52. The molecule has 0 unspecified atom stereocenters. The molecule has 0 aliphatic carbocycles. The number of para-hydroxylation sites is 1. The van der Waals surface area contributed by atoms with Gasteiger partial charge in [-0.05, 0) is 44.8 Å². The van der Waals surface area contributed by atoms with Crippen molar-refractivity contribution in [3.63, 3.8) is 0 Å². The standard InChI is InChI=1S/C20H25BN2O4/c1-13(24)23-12-15(21-26-19(2,3)20(4,5)27-21)11-14-7-6-8-16-17(25)9-10-22-18(14)16/h6-11H,12H2,1-5H3,(H,22,25)(H,23,24). The van der Waals surface area contributed by atoms with Gasteiger partial charge in [0.1, 0.15) is 0 Å². The van der Waals surface area contributed by atoms with E-state index < -0.39 is 18.3 Å². The number of amides is 1. The molecule has 1 saturated heterocycles. The molecule has 2 heterocycles. The quantitative estimate of drug-likeness (QED) is 0.814. The van der Waals surface area contributed by atoms with E-state index in [0.717, 1.165) is 16.6 Å². The van der Waals surface area contributed by atoms with Gasteiger partial charge in [-0.1, -0.05) is 18.2 Å². The second-order valence-corrected chi connectivity index (χ2v) is 7.83. The van der Waals surface area contributed by atoms with E-state index in [0.29, 0.717) is 11.9 Å². The molecule has 1 amide bonds. The van der Waals surface area contributed by atoms with E-state index in [1.165, 1.54) is 13.0 Å². The van der Waals surface area contributed by atoms with E-state index in [9.17, 15) is 9.59 Å². The van der Waals surface area contributed by atoms with Crippen LogP contribution in [0, 0.1) is 0 Å². The van der Waals surface area contributed by atoms with Crippen molar-refractivity contribution in [3.05, 3.63) is 51.7 Å². The van der Waals surface area contributed by atoms with E-state index in [1.54, 1.807) is 12.3 Å². The number of aromatic nitrogens is 1. The Morgan fingerprint density at radius 3 is 2.48 bits per heavy atom. The maximum atomic E-state index is 12.1. The van der Waals surface area contributed by atoms with Gasteiger partial charge in [0.05, 0.1) is 16.7 Å². The molecule has 0 radical (unpaired) electrons. The molecule has 2 aromatic rings. The van der Waals surface area contributed by atoms with Crippen LogP contribution in [-0.4, -0.2) is 35.8 Å². The summed E-state index contributed by atoms with van der Waals surface area (Å²) in [5.41, 5.74) is 1.33. The van der Waals surface area contributed by atoms with Crippen molar-refractivity contribution in [3.8, 4) is 0 Å². The topological polar surface area (TPSA) is 80.4 Å². The maximum Gasteiger partial charge on any atom is 0.492 e. The fraction of sp³-hybridized carbons (Fsp3) is 0.400. The summed E-state index contributed by atoms with van der Waals surface area (Å²) >= 11 is 0. The summed E-state index contributed by atoms with van der Waals surface area (Å²) in [6.45, 7) is 9.70. The fourth-order valence-corrected chi connectivity index (χ4v) is 2.97. The highest BCUT2D eigenvalue weighted by molar-refractivity contribution is 6.56. The minimum atomic E-state index is -0.590. The van der Waals surface area contributed by atoms with Gasteiger partial charge in [-0.2, -0.15) is 0 Å². The van der Waals surface area contributed by atoms with Crippen LogP contribution in [0.5, 0.6) is 0 Å². The molecule has 27 heavy (non-hydrogen) atoms. The lowest BCUT2D eigenvalue weighted by molar-refractivity contribution is -0.118. The largest absolute Gasteiger partial charge is 0.492 e. The third-order valence-electron chi connectivity index (χ3n) is 5.26. The molecule has 3 rings (SSSR count). The molecule has 1 aromatic heterocycles. The van der Waals surface area contributed by atoms with E-state index in [1.807, 2.05) is 45.9 Å². The van der Waals surface area contributed by atoms with E-state index in [-0.39, 0.29) is 11.3 Å². The van der Waals surface area contributed by atoms with Gasteiger partial charge < -0.3 is 19.6 Å². The number of H-pyrrole nitrogens is 1. The minimum Gasteiger partial charge on any atom is -0.400 e. The van der Waals surface area contributed by atoms with E-state index in [4.69, 9.17) is 9.31 Å². The predicted molar refractivity (Wildman–Crippen MR) is 107 cm³/mol. The molecule has 0 bridgehead atoms. The fourth-order valence-electron chi connectivity index (χ4n) is 2.97. The highest BCUT2D eigenvalue weighted by Crippen LogP contribution is 2.38. The average molecular weight is 368 g/mol. The second-order valence-electron chi connectivity index (χ2n) is 7.83. The second kappa shape index (κ2) is 6.98. The molecule has 142 valence electrons. The summed E-state index contributed by atoms with van der Waals surface area (Å²) in [6.07, 6.45) is 3.54. The molecular weight excluding hydrogens is 343 g/mol. The molecule has 7 heteroatoms. The molecule has 1 aliphatic heterocycles. The van der Waals surface area contributed by atoms with Crippen LogP contribution in [0.1, 0.15) is 40.2 Å². The van der Waals surface area contributed by atoms with Crippen molar-refractivity contribution in [2.45, 2.75) is 45.8 Å². The number of hydrogen-bond donors (Lipinski definition) is 2. The minimum absolute atomic E-state index is 0.0435. The molecule has 6 nitrogen and oxygen atoms in total. The third kappa shape index (κ3) is 3.84. The molecule has 0 saturated carbocycles. The van der Waals surface area contributed by atoms with Gasteiger partial charge in [0.15, 0.2) is 5.43 Å². The van der Waals surface area contributed by atoms with Gasteiger partial charge in [0, 0.05) is 31.1 Å². The summed E-state index contributed by atoms with van der Waals surface area (Å²) in [5, 5.41) is 3.43. The number of hydrogen-bond acceptors (Lipinski definition) is 4. The van der Waals surface area contributed by atoms with Crippen LogP contribution < -0.4 is 10.7 Å². The number of rotatable bonds is 4. The van der Waals surface area contributed by atoms with Crippen LogP contribution in [0.15, 0.2) is 40.7 Å². The Labute approximate surface area is 159 Å². The van der Waals surface area contributed by atoms with Gasteiger partial charge in [-0.15, -0.1) is 0 Å². The van der Waals surface area contributed by atoms with E-state index >= 15 is 0 Å². The van der Waals surface area contributed by atoms with Crippen molar-refractivity contribution < 1.29 is 14.1 Å². The Kier molecular flexibility index (Phi) is 5.01. The van der Waals surface area contributed by atoms with Crippen molar-refractivity contribution in [2.24, 2.45) is 0 Å². The summed E-state index contributed by atoms with van der Waals surface area (Å²) in [5.74, 6) is -0.135. The van der Waals surface area contributed by atoms with Crippen LogP contribution >= 0.6 is 0 Å². The molecule has 1 aliphatic rings. The smallest absolute Gasteiger partial charge is 0.400 e. The van der Waals surface area contributed by atoms with Crippen molar-refractivity contribution in [1.82, 2.24) is 10.3 Å². The lowest BCUT2D eigenvalue weighted by Crippen LogP contribution is -2.41. The van der Waals surface area contributed by atoms with Crippen molar-refractivity contribution in [1.29, 1.82) is 0 Å². The summed E-state index contributed by atoms with van der Waals surface area (Å²) in [6, 6.07) is 7.04. The number of carbonyl (C=O) groups excluding carboxylic acids is 1. The third-order valence-corrected chi connectivity index (χ3v) is 5.26. The normalized spacial score (nSPS) is 18.7. The molecule has 0 spiro atoms. The molecule has 1 aromatic carbocycles. The highest BCUT2D eigenvalue weighted by atomic mass is 16.7. The average Bonchev–Trinajstić information content (AvgIpc) is 2.79. The number of carbonyl (C=O) groups is 1. The number of pyridine rings is 1. The number of fused-ring (bicyclic) bond motifs is 1. The van der Waals surface area contributed by atoms with Gasteiger partial charge in [-0.3, -0.25) is 9.59 Å². The van der Waals surface area contributed by atoms with Gasteiger partial charge in [0.25, 0.3) is 0 Å². The monoisotopic (exact) mass is 368 g/mol. The van der Waals surface area contributed by atoms with Crippen LogP contribution in [0.3, 0.4) is 0 Å². The molecule has 2 N–H and O–H groups in total. The van der Waals surface area contributed by atoms with Crippen LogP contribution in [0.4, 0.5) is 0 Å². The first-order valence-electron chi connectivity index (χ1n) is 9.02. The Bertz CT molecular complexity index is 946.